The Morgan fingerprint density at radius 2 is 1.41 bits per heavy atom. The van der Waals surface area contributed by atoms with E-state index in [1.165, 1.54) is 94.3 Å². The smallest absolute Gasteiger partial charge is 0.201 e. The molecule has 2 atom stereocenters. The van der Waals surface area contributed by atoms with Crippen LogP contribution < -0.4 is 5.32 Å². The second kappa shape index (κ2) is 13.5. The minimum absolute atomic E-state index is 0.238. The minimum Gasteiger partial charge on any atom is -0.349 e. The Bertz CT molecular complexity index is 3040. The van der Waals surface area contributed by atoms with Crippen LogP contribution in [0.4, 0.5) is 0 Å². The minimum atomic E-state index is -0.238. The van der Waals surface area contributed by atoms with Crippen molar-refractivity contribution in [3.8, 4) is 5.69 Å². The van der Waals surface area contributed by atoms with Gasteiger partial charge < -0.3 is 14.5 Å². The molecule has 0 saturated carbocycles. The Kier molecular flexibility index (Phi) is 7.79. The first-order chi connectivity index (χ1) is 28.8. The fraction of sp³-hybridized carbons (Fsp3) is 0.167. The standard InChI is InChI=1S/C54H44N4/c1-3-13-35(14-4-1)36-25-29-41(30-26-36)57-49-21-11-9-18-43(49)47-34-40(28-32-51(47)57)39-24-23-37-27-31-44-42-17-8-12-22-50(42)58(53(44)46(37)33-39)54-55-48-20-10-7-19-45(48)52(56-54)38-15-5-2-6-16-38/h2-3,5-9,11-19,21-26,28-30,32,34,39,54-55H,1,4,10,20,27,31,33H2. The zero-order valence-corrected chi connectivity index (χ0v) is 32.5. The number of hydrogen-bond donors (Lipinski definition) is 1. The maximum Gasteiger partial charge on any atom is 0.201 e. The van der Waals surface area contributed by atoms with Gasteiger partial charge in [-0.25, -0.2) is 4.99 Å². The lowest BCUT2D eigenvalue weighted by Gasteiger charge is -2.34. The Balaban J connectivity index is 0.945. The van der Waals surface area contributed by atoms with Gasteiger partial charge in [0.25, 0.3) is 0 Å². The molecule has 0 saturated heterocycles. The number of nitrogens with one attached hydrogen (secondary N) is 1. The molecule has 4 heteroatoms. The number of nitrogens with zero attached hydrogens (tertiary/aromatic N) is 3. The summed E-state index contributed by atoms with van der Waals surface area (Å²) < 4.78 is 4.99. The van der Waals surface area contributed by atoms with Crippen molar-refractivity contribution in [3.63, 3.8) is 0 Å². The molecule has 0 fully saturated rings. The molecule has 4 aliphatic carbocycles. The second-order valence-electron chi connectivity index (χ2n) is 16.4. The number of fused-ring (bicyclic) bond motifs is 7. The predicted octanol–water partition coefficient (Wildman–Crippen LogP) is 13.1. The summed E-state index contributed by atoms with van der Waals surface area (Å²) in [6.45, 7) is 0. The number of aromatic nitrogens is 2. The zero-order valence-electron chi connectivity index (χ0n) is 32.5. The molecular weight excluding hydrogens is 705 g/mol. The Labute approximate surface area is 339 Å². The van der Waals surface area contributed by atoms with E-state index in [1.54, 1.807) is 0 Å². The van der Waals surface area contributed by atoms with Gasteiger partial charge in [0, 0.05) is 44.6 Å². The molecule has 0 amide bonds. The van der Waals surface area contributed by atoms with Crippen molar-refractivity contribution in [2.75, 3.05) is 0 Å². The summed E-state index contributed by atoms with van der Waals surface area (Å²) in [6.07, 6.45) is 23.5. The molecule has 58 heavy (non-hydrogen) atoms. The Hall–Kier alpha value is -6.65. The molecule has 1 N–H and O–H groups in total. The van der Waals surface area contributed by atoms with Gasteiger partial charge in [0.2, 0.25) is 6.29 Å². The molecule has 280 valence electrons. The van der Waals surface area contributed by atoms with Crippen LogP contribution in [0.5, 0.6) is 0 Å². The number of aliphatic imine (C=N–C) groups is 1. The van der Waals surface area contributed by atoms with E-state index >= 15 is 0 Å². The first-order valence-corrected chi connectivity index (χ1v) is 21.1. The molecule has 3 heterocycles. The molecule has 2 aromatic heterocycles. The van der Waals surface area contributed by atoms with Crippen LogP contribution in [0.1, 0.15) is 78.7 Å². The first kappa shape index (κ1) is 33.5. The van der Waals surface area contributed by atoms with Crippen LogP contribution in [0.3, 0.4) is 0 Å². The van der Waals surface area contributed by atoms with E-state index in [0.29, 0.717) is 0 Å². The van der Waals surface area contributed by atoms with Gasteiger partial charge in [-0.1, -0.05) is 127 Å². The Morgan fingerprint density at radius 3 is 2.28 bits per heavy atom. The molecule has 7 aromatic rings. The normalized spacial score (nSPS) is 19.9. The van der Waals surface area contributed by atoms with Crippen LogP contribution in [0.2, 0.25) is 0 Å². The van der Waals surface area contributed by atoms with Crippen LogP contribution in [-0.4, -0.2) is 14.8 Å². The summed E-state index contributed by atoms with van der Waals surface area (Å²) in [4.78, 5) is 5.58. The lowest BCUT2D eigenvalue weighted by Crippen LogP contribution is -2.34. The lowest BCUT2D eigenvalue weighted by molar-refractivity contribution is 0.451. The van der Waals surface area contributed by atoms with E-state index in [-0.39, 0.29) is 12.2 Å². The third kappa shape index (κ3) is 5.31. The molecule has 2 unspecified atom stereocenters. The number of aryl methyl sites for hydroxylation is 1. The molecule has 4 nitrogen and oxygen atoms in total. The largest absolute Gasteiger partial charge is 0.349 e. The highest BCUT2D eigenvalue weighted by Crippen LogP contribution is 2.48. The highest BCUT2D eigenvalue weighted by atomic mass is 15.3. The SMILES string of the molecule is C1=CC(c2ccc(-n3c4ccccc4c4cc(C5C=CC6=C(C5)c5c(c7ccccc7n5C5N=C(c7ccccc7)C7=C(CCC=C7)N5)CC6)ccc43)cc2)=CCC1. The van der Waals surface area contributed by atoms with Gasteiger partial charge in [-0.3, -0.25) is 0 Å². The van der Waals surface area contributed by atoms with Gasteiger partial charge in [0.1, 0.15) is 0 Å². The fourth-order valence-electron chi connectivity index (χ4n) is 10.4. The summed E-state index contributed by atoms with van der Waals surface area (Å²) in [7, 11) is 0. The summed E-state index contributed by atoms with van der Waals surface area (Å²) in [6, 6.07) is 45.0. The monoisotopic (exact) mass is 748 g/mol. The van der Waals surface area contributed by atoms with E-state index in [2.05, 4.69) is 178 Å². The average molecular weight is 749 g/mol. The van der Waals surface area contributed by atoms with Crippen LogP contribution >= 0.6 is 0 Å². The molecule has 0 radical (unpaired) electrons. The molecule has 1 aliphatic heterocycles. The number of hydrogen-bond acceptors (Lipinski definition) is 2. The van der Waals surface area contributed by atoms with E-state index < -0.39 is 0 Å². The lowest BCUT2D eigenvalue weighted by atomic mass is 9.78. The van der Waals surface area contributed by atoms with E-state index in [0.717, 1.165) is 50.7 Å². The molecule has 0 spiro atoms. The summed E-state index contributed by atoms with van der Waals surface area (Å²) in [5, 5.41) is 7.92. The number of allylic oxidation sites excluding steroid dienone is 12. The van der Waals surface area contributed by atoms with Crippen LogP contribution in [-0.2, 0) is 6.42 Å². The van der Waals surface area contributed by atoms with Crippen molar-refractivity contribution < 1.29 is 0 Å². The molecule has 12 rings (SSSR count). The highest BCUT2D eigenvalue weighted by Gasteiger charge is 2.34. The molecule has 0 bridgehead atoms. The van der Waals surface area contributed by atoms with Crippen molar-refractivity contribution in [1.82, 2.24) is 14.5 Å². The van der Waals surface area contributed by atoms with Crippen molar-refractivity contribution in [2.24, 2.45) is 4.99 Å². The summed E-state index contributed by atoms with van der Waals surface area (Å²) in [5.74, 6) is 0.263. The topological polar surface area (TPSA) is 34.2 Å². The van der Waals surface area contributed by atoms with Gasteiger partial charge >= 0.3 is 0 Å². The van der Waals surface area contributed by atoms with E-state index in [9.17, 15) is 0 Å². The second-order valence-corrected chi connectivity index (χ2v) is 16.4. The van der Waals surface area contributed by atoms with Crippen molar-refractivity contribution in [3.05, 3.63) is 209 Å². The molecule has 5 aromatic carbocycles. The van der Waals surface area contributed by atoms with Crippen molar-refractivity contribution in [2.45, 2.75) is 57.2 Å². The molecular formula is C54H44N4. The fourth-order valence-corrected chi connectivity index (χ4v) is 10.4. The number of rotatable bonds is 5. The van der Waals surface area contributed by atoms with E-state index in [1.807, 2.05) is 0 Å². The quantitative estimate of drug-likeness (QED) is 0.187. The number of para-hydroxylation sites is 2. The van der Waals surface area contributed by atoms with Gasteiger partial charge in [-0.05, 0) is 115 Å². The summed E-state index contributed by atoms with van der Waals surface area (Å²) in [5.41, 5.74) is 19.4. The van der Waals surface area contributed by atoms with Crippen molar-refractivity contribution in [1.29, 1.82) is 0 Å². The van der Waals surface area contributed by atoms with Crippen LogP contribution in [0.25, 0.3) is 49.5 Å². The Morgan fingerprint density at radius 1 is 0.621 bits per heavy atom. The van der Waals surface area contributed by atoms with Crippen molar-refractivity contribution >= 4 is 49.6 Å². The molecule has 5 aliphatic rings. The van der Waals surface area contributed by atoms with Crippen LogP contribution in [0.15, 0.2) is 186 Å². The first-order valence-electron chi connectivity index (χ1n) is 21.1. The summed E-state index contributed by atoms with van der Waals surface area (Å²) >= 11 is 0. The maximum atomic E-state index is 5.58. The number of benzene rings is 5. The van der Waals surface area contributed by atoms with Gasteiger partial charge in [-0.15, -0.1) is 0 Å². The predicted molar refractivity (Wildman–Crippen MR) is 241 cm³/mol. The maximum absolute atomic E-state index is 5.58. The van der Waals surface area contributed by atoms with Gasteiger partial charge in [0.15, 0.2) is 0 Å². The average Bonchev–Trinajstić information content (AvgIpc) is 3.82. The van der Waals surface area contributed by atoms with Gasteiger partial charge in [0.05, 0.1) is 28.0 Å². The zero-order chi connectivity index (χ0) is 38.2. The highest BCUT2D eigenvalue weighted by molar-refractivity contribution is 6.15. The third-order valence-electron chi connectivity index (χ3n) is 13.1. The van der Waals surface area contributed by atoms with Gasteiger partial charge in [-0.2, -0.15) is 0 Å². The van der Waals surface area contributed by atoms with E-state index in [4.69, 9.17) is 4.99 Å². The third-order valence-corrected chi connectivity index (χ3v) is 13.1. The van der Waals surface area contributed by atoms with Crippen LogP contribution in [0, 0.1) is 0 Å².